The van der Waals surface area contributed by atoms with Gasteiger partial charge in [-0.2, -0.15) is 0 Å². The third-order valence-electron chi connectivity index (χ3n) is 4.89. The van der Waals surface area contributed by atoms with Crippen LogP contribution in [0.15, 0.2) is 0 Å². The van der Waals surface area contributed by atoms with Gasteiger partial charge in [0.25, 0.3) is 0 Å². The van der Waals surface area contributed by atoms with Gasteiger partial charge in [-0.3, -0.25) is 9.59 Å². The van der Waals surface area contributed by atoms with Crippen molar-refractivity contribution in [2.45, 2.75) is 77.4 Å². The molecule has 1 saturated carbocycles. The highest BCUT2D eigenvalue weighted by Gasteiger charge is 2.57. The Kier molecular flexibility index (Phi) is 3.88. The molecule has 1 heterocycles. The van der Waals surface area contributed by atoms with Gasteiger partial charge in [0, 0.05) is 6.04 Å². The monoisotopic (exact) mass is 266 g/mol. The van der Waals surface area contributed by atoms with Crippen molar-refractivity contribution in [3.05, 3.63) is 0 Å². The molecule has 2 atom stereocenters. The Balaban J connectivity index is 2.38. The van der Waals surface area contributed by atoms with E-state index in [4.69, 9.17) is 0 Å². The smallest absolute Gasteiger partial charge is 0.246 e. The lowest BCUT2D eigenvalue weighted by Crippen LogP contribution is -2.72. The van der Waals surface area contributed by atoms with E-state index in [1.165, 1.54) is 0 Å². The lowest BCUT2D eigenvalue weighted by Gasteiger charge is -2.50. The average Bonchev–Trinajstić information content (AvgIpc) is 3.23. The number of hydrogen-bond donors (Lipinski definition) is 1. The third kappa shape index (κ3) is 2.15. The highest BCUT2D eigenvalue weighted by molar-refractivity contribution is 6.00. The Morgan fingerprint density at radius 1 is 1.26 bits per heavy atom. The molecule has 1 aliphatic heterocycles. The van der Waals surface area contributed by atoms with Gasteiger partial charge >= 0.3 is 0 Å². The van der Waals surface area contributed by atoms with Gasteiger partial charge in [0.1, 0.15) is 11.6 Å². The number of nitrogens with one attached hydrogen (secondary N) is 1. The van der Waals surface area contributed by atoms with Gasteiger partial charge in [-0.1, -0.05) is 20.8 Å². The summed E-state index contributed by atoms with van der Waals surface area (Å²) < 4.78 is 0. The number of carbonyl (C=O) groups is 2. The molecule has 1 N–H and O–H groups in total. The summed E-state index contributed by atoms with van der Waals surface area (Å²) in [6.45, 7) is 8.11. The minimum absolute atomic E-state index is 0.0494. The van der Waals surface area contributed by atoms with E-state index in [9.17, 15) is 9.59 Å². The molecule has 0 radical (unpaired) electrons. The number of amides is 2. The predicted molar refractivity (Wildman–Crippen MR) is 74.6 cm³/mol. The van der Waals surface area contributed by atoms with Gasteiger partial charge in [-0.25, -0.2) is 0 Å². The van der Waals surface area contributed by atoms with Gasteiger partial charge in [-0.15, -0.1) is 0 Å². The normalized spacial score (nSPS) is 31.8. The number of piperazine rings is 1. The quantitative estimate of drug-likeness (QED) is 0.828. The molecule has 0 aromatic heterocycles. The Hall–Kier alpha value is -1.06. The van der Waals surface area contributed by atoms with E-state index in [2.05, 4.69) is 19.2 Å². The lowest BCUT2D eigenvalue weighted by molar-refractivity contribution is -0.162. The Bertz CT molecular complexity index is 374. The largest absolute Gasteiger partial charge is 0.342 e. The molecule has 4 heteroatoms. The molecule has 2 rings (SSSR count). The maximum Gasteiger partial charge on any atom is 0.246 e. The van der Waals surface area contributed by atoms with Crippen LogP contribution in [0.2, 0.25) is 0 Å². The molecule has 108 valence electrons. The fourth-order valence-electron chi connectivity index (χ4n) is 3.39. The molecule has 1 saturated heterocycles. The fourth-order valence-corrected chi connectivity index (χ4v) is 3.39. The molecule has 0 aromatic carbocycles. The van der Waals surface area contributed by atoms with Crippen molar-refractivity contribution in [2.24, 2.45) is 5.92 Å². The van der Waals surface area contributed by atoms with E-state index in [1.807, 2.05) is 18.7 Å². The second kappa shape index (κ2) is 5.14. The first-order chi connectivity index (χ1) is 9.00. The zero-order chi connectivity index (χ0) is 14.2. The van der Waals surface area contributed by atoms with Crippen molar-refractivity contribution >= 4 is 11.8 Å². The van der Waals surface area contributed by atoms with Crippen LogP contribution in [-0.4, -0.2) is 34.3 Å². The number of carbonyl (C=O) groups excluding carboxylic acids is 2. The molecule has 0 spiro atoms. The average molecular weight is 266 g/mol. The SMILES string of the molecule is CCC1NC(=O)C(C)(C2CC2)N(C(CC)CC)C1=O. The molecule has 1 aliphatic carbocycles. The van der Waals surface area contributed by atoms with Crippen LogP contribution >= 0.6 is 0 Å². The minimum atomic E-state index is -0.626. The number of hydrogen-bond acceptors (Lipinski definition) is 2. The summed E-state index contributed by atoms with van der Waals surface area (Å²) in [6.07, 6.45) is 4.61. The van der Waals surface area contributed by atoms with Crippen molar-refractivity contribution < 1.29 is 9.59 Å². The number of nitrogens with zero attached hydrogens (tertiary/aromatic N) is 1. The van der Waals surface area contributed by atoms with Gasteiger partial charge < -0.3 is 10.2 Å². The van der Waals surface area contributed by atoms with E-state index >= 15 is 0 Å². The molecule has 2 aliphatic rings. The maximum absolute atomic E-state index is 12.7. The summed E-state index contributed by atoms with van der Waals surface area (Å²) in [7, 11) is 0. The second-order valence-corrected chi connectivity index (χ2v) is 6.03. The minimum Gasteiger partial charge on any atom is -0.342 e. The van der Waals surface area contributed by atoms with Gasteiger partial charge in [0.05, 0.1) is 0 Å². The van der Waals surface area contributed by atoms with Crippen LogP contribution in [0.25, 0.3) is 0 Å². The molecule has 0 bridgehead atoms. The lowest BCUT2D eigenvalue weighted by atomic mass is 9.85. The van der Waals surface area contributed by atoms with Crippen LogP contribution < -0.4 is 5.32 Å². The van der Waals surface area contributed by atoms with Crippen LogP contribution in [0, 0.1) is 5.92 Å². The van der Waals surface area contributed by atoms with E-state index in [0.29, 0.717) is 12.3 Å². The predicted octanol–water partition coefficient (Wildman–Crippen LogP) is 2.08. The zero-order valence-electron chi connectivity index (χ0n) is 12.5. The molecule has 2 unspecified atom stereocenters. The number of rotatable bonds is 5. The van der Waals surface area contributed by atoms with E-state index in [-0.39, 0.29) is 23.9 Å². The van der Waals surface area contributed by atoms with Crippen molar-refractivity contribution in [3.63, 3.8) is 0 Å². The Labute approximate surface area is 115 Å². The summed E-state index contributed by atoms with van der Waals surface area (Å²) in [5, 5.41) is 2.93. The molecular formula is C15H26N2O2. The molecule has 2 fully saturated rings. The standard InChI is InChI=1S/C15H26N2O2/c1-5-11(6-2)17-13(18)12(7-3)16-14(19)15(17,4)10-8-9-10/h10-12H,5-9H2,1-4H3,(H,16,19). The third-order valence-corrected chi connectivity index (χ3v) is 4.89. The molecular weight excluding hydrogens is 240 g/mol. The molecule has 0 aromatic rings. The first-order valence-corrected chi connectivity index (χ1v) is 7.64. The first kappa shape index (κ1) is 14.4. The highest BCUT2D eigenvalue weighted by atomic mass is 16.2. The van der Waals surface area contributed by atoms with E-state index in [1.54, 1.807) is 0 Å². The summed E-state index contributed by atoms with van der Waals surface area (Å²) in [5.74, 6) is 0.508. The van der Waals surface area contributed by atoms with Crippen molar-refractivity contribution in [1.29, 1.82) is 0 Å². The topological polar surface area (TPSA) is 49.4 Å². The van der Waals surface area contributed by atoms with Crippen LogP contribution in [0.1, 0.15) is 59.8 Å². The molecule has 2 amide bonds. The Morgan fingerprint density at radius 2 is 1.84 bits per heavy atom. The second-order valence-electron chi connectivity index (χ2n) is 6.03. The van der Waals surface area contributed by atoms with Crippen LogP contribution in [0.3, 0.4) is 0 Å². The summed E-state index contributed by atoms with van der Waals surface area (Å²) in [5.41, 5.74) is -0.626. The maximum atomic E-state index is 12.7. The van der Waals surface area contributed by atoms with Gasteiger partial charge in [0.15, 0.2) is 0 Å². The van der Waals surface area contributed by atoms with Gasteiger partial charge in [-0.05, 0) is 44.9 Å². The Morgan fingerprint density at radius 3 is 2.26 bits per heavy atom. The summed E-state index contributed by atoms with van der Waals surface area (Å²) >= 11 is 0. The molecule has 19 heavy (non-hydrogen) atoms. The van der Waals surface area contributed by atoms with Crippen LogP contribution in [0.5, 0.6) is 0 Å². The van der Waals surface area contributed by atoms with Crippen molar-refractivity contribution in [1.82, 2.24) is 10.2 Å². The highest BCUT2D eigenvalue weighted by Crippen LogP contribution is 2.46. The van der Waals surface area contributed by atoms with Crippen molar-refractivity contribution in [3.8, 4) is 0 Å². The van der Waals surface area contributed by atoms with E-state index < -0.39 is 5.54 Å². The van der Waals surface area contributed by atoms with Crippen LogP contribution in [0.4, 0.5) is 0 Å². The fraction of sp³-hybridized carbons (Fsp3) is 0.867. The van der Waals surface area contributed by atoms with Gasteiger partial charge in [0.2, 0.25) is 11.8 Å². The summed E-state index contributed by atoms with van der Waals surface area (Å²) in [4.78, 5) is 27.2. The van der Waals surface area contributed by atoms with E-state index in [0.717, 1.165) is 25.7 Å². The van der Waals surface area contributed by atoms with Crippen molar-refractivity contribution in [2.75, 3.05) is 0 Å². The summed E-state index contributed by atoms with van der Waals surface area (Å²) in [6, 6.07) is -0.155. The first-order valence-electron chi connectivity index (χ1n) is 7.64. The zero-order valence-corrected chi connectivity index (χ0v) is 12.5. The molecule has 4 nitrogen and oxygen atoms in total. The van der Waals surface area contributed by atoms with Crippen LogP contribution in [-0.2, 0) is 9.59 Å².